The summed E-state index contributed by atoms with van der Waals surface area (Å²) in [6.45, 7) is 0. The molecule has 0 radical (unpaired) electrons. The molecule has 1 aliphatic rings. The van der Waals surface area contributed by atoms with Gasteiger partial charge >= 0.3 is 0 Å². The van der Waals surface area contributed by atoms with Crippen LogP contribution in [-0.4, -0.2) is 14.5 Å². The van der Waals surface area contributed by atoms with Crippen LogP contribution in [0, 0.1) is 0 Å². The lowest BCUT2D eigenvalue weighted by atomic mass is 10.4. The molecular formula is C12H12N4OS. The molecule has 1 saturated carbocycles. The summed E-state index contributed by atoms with van der Waals surface area (Å²) in [6, 6.07) is 3.87. The van der Waals surface area contributed by atoms with Crippen LogP contribution in [0.4, 0.5) is 5.69 Å². The zero-order chi connectivity index (χ0) is 12.5. The van der Waals surface area contributed by atoms with Crippen molar-refractivity contribution in [1.82, 2.24) is 14.5 Å². The summed E-state index contributed by atoms with van der Waals surface area (Å²) in [5.41, 5.74) is 6.31. The maximum atomic E-state index is 12.2. The van der Waals surface area contributed by atoms with Crippen LogP contribution in [-0.2, 0) is 0 Å². The van der Waals surface area contributed by atoms with Gasteiger partial charge in [0.15, 0.2) is 5.03 Å². The maximum absolute atomic E-state index is 12.2. The van der Waals surface area contributed by atoms with Gasteiger partial charge in [0.05, 0.1) is 5.69 Å². The molecule has 2 N–H and O–H groups in total. The molecule has 0 atom stereocenters. The van der Waals surface area contributed by atoms with Gasteiger partial charge in [-0.25, -0.2) is 9.97 Å². The van der Waals surface area contributed by atoms with Gasteiger partial charge in [-0.1, -0.05) is 0 Å². The van der Waals surface area contributed by atoms with Gasteiger partial charge in [0.2, 0.25) is 0 Å². The van der Waals surface area contributed by atoms with Gasteiger partial charge in [-0.3, -0.25) is 4.79 Å². The number of rotatable bonds is 3. The second-order valence-corrected chi connectivity index (χ2v) is 5.15. The van der Waals surface area contributed by atoms with Crippen molar-refractivity contribution in [3.8, 4) is 0 Å². The van der Waals surface area contributed by atoms with E-state index >= 15 is 0 Å². The highest BCUT2D eigenvalue weighted by Crippen LogP contribution is 2.34. The average molecular weight is 260 g/mol. The summed E-state index contributed by atoms with van der Waals surface area (Å²) < 4.78 is 1.74. The summed E-state index contributed by atoms with van der Waals surface area (Å²) in [6.07, 6.45) is 7.19. The Hall–Kier alpha value is -1.82. The van der Waals surface area contributed by atoms with Crippen molar-refractivity contribution in [2.75, 3.05) is 5.73 Å². The highest BCUT2D eigenvalue weighted by Gasteiger charge is 2.25. The summed E-state index contributed by atoms with van der Waals surface area (Å²) in [5.74, 6) is 0. The molecule has 5 nitrogen and oxygen atoms in total. The van der Waals surface area contributed by atoms with E-state index in [1.165, 1.54) is 11.8 Å². The topological polar surface area (TPSA) is 73.8 Å². The highest BCUT2D eigenvalue weighted by atomic mass is 32.2. The molecule has 2 aromatic heterocycles. The molecule has 2 aromatic rings. The lowest BCUT2D eigenvalue weighted by molar-refractivity contribution is 0.674. The first kappa shape index (κ1) is 11.3. The van der Waals surface area contributed by atoms with Gasteiger partial charge in [-0.15, -0.1) is 0 Å². The SMILES string of the molecule is Nc1cccnc1Sc1nccn(C2CC2)c1=O. The number of pyridine rings is 1. The molecule has 1 fully saturated rings. The summed E-state index contributed by atoms with van der Waals surface area (Å²) >= 11 is 1.22. The molecular weight excluding hydrogens is 248 g/mol. The van der Waals surface area contributed by atoms with Crippen LogP contribution in [0.3, 0.4) is 0 Å². The van der Waals surface area contributed by atoms with Crippen LogP contribution in [0.15, 0.2) is 45.6 Å². The highest BCUT2D eigenvalue weighted by molar-refractivity contribution is 7.99. The lowest BCUT2D eigenvalue weighted by Gasteiger charge is -2.06. The third kappa shape index (κ3) is 2.11. The molecule has 0 unspecified atom stereocenters. The van der Waals surface area contributed by atoms with Crippen molar-refractivity contribution < 1.29 is 0 Å². The van der Waals surface area contributed by atoms with Crippen LogP contribution in [0.1, 0.15) is 18.9 Å². The van der Waals surface area contributed by atoms with Gasteiger partial charge < -0.3 is 10.3 Å². The predicted octanol–water partition coefficient (Wildman–Crippen LogP) is 1.71. The molecule has 0 aromatic carbocycles. The van der Waals surface area contributed by atoms with E-state index in [-0.39, 0.29) is 5.56 Å². The van der Waals surface area contributed by atoms with Crippen LogP contribution < -0.4 is 11.3 Å². The Kier molecular flexibility index (Phi) is 2.79. The Bertz CT molecular complexity index is 636. The first-order valence-corrected chi connectivity index (χ1v) is 6.53. The molecule has 0 saturated heterocycles. The fourth-order valence-corrected chi connectivity index (χ4v) is 2.49. The Morgan fingerprint density at radius 3 is 2.78 bits per heavy atom. The summed E-state index contributed by atoms with van der Waals surface area (Å²) in [5, 5.41) is 1.05. The van der Waals surface area contributed by atoms with E-state index in [2.05, 4.69) is 9.97 Å². The van der Waals surface area contributed by atoms with Crippen LogP contribution in [0.5, 0.6) is 0 Å². The van der Waals surface area contributed by atoms with Crippen molar-refractivity contribution in [3.63, 3.8) is 0 Å². The van der Waals surface area contributed by atoms with Gasteiger partial charge in [0.1, 0.15) is 5.03 Å². The third-order valence-electron chi connectivity index (χ3n) is 2.77. The quantitative estimate of drug-likeness (QED) is 0.909. The Morgan fingerprint density at radius 2 is 2.06 bits per heavy atom. The minimum atomic E-state index is -0.0601. The molecule has 92 valence electrons. The Labute approximate surface area is 108 Å². The monoisotopic (exact) mass is 260 g/mol. The predicted molar refractivity (Wildman–Crippen MR) is 69.5 cm³/mol. The lowest BCUT2D eigenvalue weighted by Crippen LogP contribution is -2.21. The van der Waals surface area contributed by atoms with Crippen LogP contribution in [0.2, 0.25) is 0 Å². The van der Waals surface area contributed by atoms with Crippen molar-refractivity contribution in [2.24, 2.45) is 0 Å². The van der Waals surface area contributed by atoms with Gasteiger partial charge in [-0.2, -0.15) is 0 Å². The average Bonchev–Trinajstić information content (AvgIpc) is 3.19. The fraction of sp³-hybridized carbons (Fsp3) is 0.250. The molecule has 18 heavy (non-hydrogen) atoms. The molecule has 3 rings (SSSR count). The van der Waals surface area contributed by atoms with E-state index in [0.717, 1.165) is 12.8 Å². The minimum absolute atomic E-state index is 0.0601. The van der Waals surface area contributed by atoms with Crippen molar-refractivity contribution in [1.29, 1.82) is 0 Å². The second kappa shape index (κ2) is 4.45. The number of nitrogens with zero attached hydrogens (tertiary/aromatic N) is 3. The van der Waals surface area contributed by atoms with E-state index < -0.39 is 0 Å². The first-order chi connectivity index (χ1) is 8.75. The van der Waals surface area contributed by atoms with E-state index in [1.807, 2.05) is 0 Å². The molecule has 0 bridgehead atoms. The van der Waals surface area contributed by atoms with Crippen LogP contribution in [0.25, 0.3) is 0 Å². The zero-order valence-electron chi connectivity index (χ0n) is 9.61. The second-order valence-electron chi connectivity index (χ2n) is 4.18. The summed E-state index contributed by atoms with van der Waals surface area (Å²) in [4.78, 5) is 20.5. The van der Waals surface area contributed by atoms with E-state index in [9.17, 15) is 4.79 Å². The van der Waals surface area contributed by atoms with Crippen molar-refractivity contribution in [2.45, 2.75) is 28.9 Å². The molecule has 6 heteroatoms. The Morgan fingerprint density at radius 1 is 1.28 bits per heavy atom. The Balaban J connectivity index is 1.96. The molecule has 0 spiro atoms. The molecule has 0 aliphatic heterocycles. The fourth-order valence-electron chi connectivity index (χ4n) is 1.70. The number of nitrogen functional groups attached to an aromatic ring is 1. The van der Waals surface area contributed by atoms with Crippen molar-refractivity contribution in [3.05, 3.63) is 41.1 Å². The smallest absolute Gasteiger partial charge is 0.283 e. The largest absolute Gasteiger partial charge is 0.397 e. The molecule has 1 aliphatic carbocycles. The number of nitrogens with two attached hydrogens (primary N) is 1. The number of anilines is 1. The summed E-state index contributed by atoms with van der Waals surface area (Å²) in [7, 11) is 0. The van der Waals surface area contributed by atoms with E-state index in [4.69, 9.17) is 5.73 Å². The van der Waals surface area contributed by atoms with Gasteiger partial charge in [0, 0.05) is 24.6 Å². The van der Waals surface area contributed by atoms with Gasteiger partial charge in [-0.05, 0) is 36.7 Å². The zero-order valence-corrected chi connectivity index (χ0v) is 10.4. The number of hydrogen-bond acceptors (Lipinski definition) is 5. The first-order valence-electron chi connectivity index (χ1n) is 5.71. The normalized spacial score (nSPS) is 14.7. The number of aromatic nitrogens is 3. The van der Waals surface area contributed by atoms with Crippen molar-refractivity contribution >= 4 is 17.4 Å². The minimum Gasteiger partial charge on any atom is -0.397 e. The third-order valence-corrected chi connectivity index (χ3v) is 3.78. The molecule has 0 amide bonds. The maximum Gasteiger partial charge on any atom is 0.283 e. The van der Waals surface area contributed by atoms with Gasteiger partial charge in [0.25, 0.3) is 5.56 Å². The van der Waals surface area contributed by atoms with Crippen LogP contribution >= 0.6 is 11.8 Å². The standard InChI is InChI=1S/C12H12N4OS/c13-9-2-1-5-14-10(9)18-11-12(17)16(7-6-15-11)8-3-4-8/h1-2,5-8H,3-4,13H2. The van der Waals surface area contributed by atoms with E-state index in [1.54, 1.807) is 35.3 Å². The molecule has 2 heterocycles. The van der Waals surface area contributed by atoms with E-state index in [0.29, 0.717) is 21.8 Å². The number of hydrogen-bond donors (Lipinski definition) is 1.